The molecule has 0 bridgehead atoms. The van der Waals surface area contributed by atoms with Crippen LogP contribution in [-0.2, 0) is 77.6 Å². The number of benzene rings is 2. The van der Waals surface area contributed by atoms with Crippen LogP contribution < -0.4 is 4.74 Å². The predicted molar refractivity (Wildman–Crippen MR) is 307 cm³/mol. The van der Waals surface area contributed by atoms with E-state index in [0.29, 0.717) is 6.42 Å². The molecule has 0 amide bonds. The monoisotopic (exact) mass is 1230 g/mol. The van der Waals surface area contributed by atoms with Crippen molar-refractivity contribution in [1.29, 1.82) is 0 Å². The van der Waals surface area contributed by atoms with Gasteiger partial charge in [0, 0.05) is 81.3 Å². The molecule has 2 aromatic rings. The summed E-state index contributed by atoms with van der Waals surface area (Å²) in [6, 6.07) is 3.16. The van der Waals surface area contributed by atoms with Crippen molar-refractivity contribution in [3.8, 4) is 17.2 Å². The number of esters is 2. The maximum Gasteiger partial charge on any atom is 0.310 e. The molecule has 0 radical (unpaired) electrons. The fourth-order valence-corrected chi connectivity index (χ4v) is 12.7. The number of hydrogen-bond donors (Lipinski definition) is 7. The largest absolute Gasteiger partial charge is 0.507 e. The molecule has 87 heavy (non-hydrogen) atoms. The van der Waals surface area contributed by atoms with Crippen molar-refractivity contribution in [2.45, 2.75) is 269 Å². The summed E-state index contributed by atoms with van der Waals surface area (Å²) in [5, 5.41) is 80.7. The highest BCUT2D eigenvalue weighted by Crippen LogP contribution is 2.48. The van der Waals surface area contributed by atoms with Crippen LogP contribution in [0.1, 0.15) is 149 Å². The van der Waals surface area contributed by atoms with Gasteiger partial charge in [-0.1, -0.05) is 27.4 Å². The summed E-state index contributed by atoms with van der Waals surface area (Å²) >= 11 is 0. The summed E-state index contributed by atoms with van der Waals surface area (Å²) in [7, 11) is 1.20. The number of carbonyl (C=O) groups is 4. The number of ketones is 2. The van der Waals surface area contributed by atoms with Gasteiger partial charge in [-0.05, 0) is 97.7 Å². The zero-order chi connectivity index (χ0) is 63.7. The number of methoxy groups -OCH3 is 1. The number of phenols is 2. The van der Waals surface area contributed by atoms with Crippen LogP contribution in [0.5, 0.6) is 17.2 Å². The van der Waals surface area contributed by atoms with Gasteiger partial charge in [0.2, 0.25) is 6.29 Å². The second kappa shape index (κ2) is 28.8. The molecule has 5 fully saturated rings. The van der Waals surface area contributed by atoms with E-state index in [1.165, 1.54) is 14.0 Å². The lowest BCUT2D eigenvalue weighted by molar-refractivity contribution is -0.331. The Bertz CT molecular complexity index is 2720. The van der Waals surface area contributed by atoms with Crippen molar-refractivity contribution < 1.29 is 117 Å². The number of fused-ring (bicyclic) bond motifs is 2. The van der Waals surface area contributed by atoms with E-state index >= 15 is 4.79 Å². The van der Waals surface area contributed by atoms with Crippen LogP contribution in [0.15, 0.2) is 25.0 Å². The van der Waals surface area contributed by atoms with Crippen LogP contribution >= 0.6 is 0 Å². The number of aliphatic hydroxyl groups excluding tert-OH is 4. The van der Waals surface area contributed by atoms with Crippen LogP contribution in [0.2, 0.25) is 0 Å². The van der Waals surface area contributed by atoms with E-state index in [1.807, 2.05) is 41.5 Å². The van der Waals surface area contributed by atoms with Crippen LogP contribution in [0.4, 0.5) is 0 Å². The van der Waals surface area contributed by atoms with E-state index in [9.17, 15) is 50.1 Å². The van der Waals surface area contributed by atoms with Crippen molar-refractivity contribution in [2.75, 3.05) is 7.11 Å². The number of Topliss-reactive ketones (excluding diaryl/α,β-unsaturated/α-hetero) is 2. The molecule has 7 N–H and O–H groups in total. The smallest absolute Gasteiger partial charge is 0.310 e. The van der Waals surface area contributed by atoms with E-state index in [0.717, 1.165) is 6.26 Å². The second-order valence-electron chi connectivity index (χ2n) is 25.1. The molecule has 1 aliphatic carbocycles. The Morgan fingerprint density at radius 1 is 0.724 bits per heavy atom. The standard InChI is InChI=1S/C63H92O24/c1-14-76-45(65)17-15-16-18-46(66)77-36(11)57(70)60(73)61(75-13)39-20-37-19-38-21-41(83-48-23-42(28(3)32(7)79-48)84-47-22-40(64)27(2)31(6)78-47)29(4)54(67)52(38)58(71)53(37)59(72)62(39)87-50-25-43(55(68)35(10)82-50)85-49-24-44(56(69)34(9)81-49)86-51-26-63(12,74)30(5)33(8)80-51/h14,19,21,27-28,30-36,39-40,42-44,47-51,55-57,61-62,64,67-71,74H,1,15-18,20,22-26H2,2-13H3/t27-,28-,30-,31?,32?,33?,34?,35?,36+,39-,40+,42+,43+,44+,47+,48-,49-,50-,51-,55+,56+,57-,61-,62-,63+/m0/s1. The SMILES string of the molecule is C=COC(=O)CCCCC(=O)O[C@H](C)[C@H](O)C(=O)[C@@H](OC)[C@@H]1Cc2cc3cc(O[C@H]4C[C@@H](O[C@@H]5C[C@@H](O)[C@@H](C)C(C)O5)[C@@H](C)C(C)O4)c(C)c(O)c3c(O)c2C(=O)[C@H]1O[C@H]1C[C@@H](O[C@H]2C[C@@H](O[C@H]3C[C@@](C)(O)[C@@H](C)C(C)O3)[C@H](O)C(C)O2)[C@H](O)C(C)O1. The topological polar surface area (TPSA) is 330 Å². The lowest BCUT2D eigenvalue weighted by Crippen LogP contribution is -2.57. The van der Waals surface area contributed by atoms with Crippen LogP contribution in [0.25, 0.3) is 10.8 Å². The van der Waals surface area contributed by atoms with Crippen LogP contribution in [0.3, 0.4) is 0 Å². The van der Waals surface area contributed by atoms with Gasteiger partial charge in [-0.25, -0.2) is 0 Å². The quantitative estimate of drug-likeness (QED) is 0.0442. The first-order valence-corrected chi connectivity index (χ1v) is 30.6. The maximum atomic E-state index is 15.4. The first kappa shape index (κ1) is 68.4. The molecule has 488 valence electrons. The summed E-state index contributed by atoms with van der Waals surface area (Å²) in [6.07, 6.45) is -18.1. The zero-order valence-corrected chi connectivity index (χ0v) is 51.9. The lowest BCUT2D eigenvalue weighted by Gasteiger charge is -2.46. The minimum Gasteiger partial charge on any atom is -0.507 e. The minimum absolute atomic E-state index is 0.0152. The van der Waals surface area contributed by atoms with E-state index in [2.05, 4.69) is 6.58 Å². The maximum absolute atomic E-state index is 15.4. The van der Waals surface area contributed by atoms with Crippen LogP contribution in [-0.4, -0.2) is 195 Å². The highest BCUT2D eigenvalue weighted by atomic mass is 16.7. The molecule has 5 heterocycles. The molecular weight excluding hydrogens is 1140 g/mol. The van der Waals surface area contributed by atoms with E-state index in [1.54, 1.807) is 39.8 Å². The molecule has 5 unspecified atom stereocenters. The lowest BCUT2D eigenvalue weighted by atomic mass is 9.75. The zero-order valence-electron chi connectivity index (χ0n) is 51.9. The normalized spacial score (nSPS) is 38.4. The van der Waals surface area contributed by atoms with Gasteiger partial charge in [0.25, 0.3) is 0 Å². The fourth-order valence-electron chi connectivity index (χ4n) is 12.7. The Kier molecular flexibility index (Phi) is 22.6. The van der Waals surface area contributed by atoms with Gasteiger partial charge in [0.1, 0.15) is 47.8 Å². The molecule has 5 saturated heterocycles. The third-order valence-electron chi connectivity index (χ3n) is 19.0. The number of aromatic hydroxyl groups is 2. The summed E-state index contributed by atoms with van der Waals surface area (Å²) < 4.78 is 79.1. The van der Waals surface area contributed by atoms with Gasteiger partial charge in [-0.2, -0.15) is 0 Å². The summed E-state index contributed by atoms with van der Waals surface area (Å²) in [6.45, 7) is 22.6. The van der Waals surface area contributed by atoms with E-state index in [-0.39, 0.29) is 127 Å². The van der Waals surface area contributed by atoms with Gasteiger partial charge >= 0.3 is 11.9 Å². The highest BCUT2D eigenvalue weighted by molar-refractivity contribution is 6.11. The van der Waals surface area contributed by atoms with Gasteiger partial charge < -0.3 is 97.3 Å². The van der Waals surface area contributed by atoms with Gasteiger partial charge in [0.05, 0.1) is 77.7 Å². The molecule has 6 aliphatic rings. The highest BCUT2D eigenvalue weighted by Gasteiger charge is 2.51. The third-order valence-corrected chi connectivity index (χ3v) is 19.0. The van der Waals surface area contributed by atoms with Crippen molar-refractivity contribution in [3.63, 3.8) is 0 Å². The van der Waals surface area contributed by atoms with Gasteiger partial charge in [-0.3, -0.25) is 19.2 Å². The average Bonchev–Trinajstić information content (AvgIpc) is 1.12. The molecule has 0 saturated carbocycles. The molecule has 2 aromatic carbocycles. The Balaban J connectivity index is 1.06. The Hall–Kier alpha value is -4.48. The number of rotatable bonds is 22. The van der Waals surface area contributed by atoms with Crippen molar-refractivity contribution >= 4 is 34.3 Å². The fraction of sp³-hybridized carbons (Fsp3) is 0.746. The average molecular weight is 1230 g/mol. The molecule has 8 rings (SSSR count). The first-order chi connectivity index (χ1) is 41.0. The van der Waals surface area contributed by atoms with Crippen molar-refractivity contribution in [1.82, 2.24) is 0 Å². The summed E-state index contributed by atoms with van der Waals surface area (Å²) in [5.74, 6) is -5.58. The number of carbonyl (C=O) groups excluding carboxylic acids is 4. The number of unbranched alkanes of at least 4 members (excludes halogenated alkanes) is 1. The van der Waals surface area contributed by atoms with E-state index < -0.39 is 151 Å². The molecule has 25 atom stereocenters. The Labute approximate surface area is 507 Å². The van der Waals surface area contributed by atoms with Gasteiger partial charge in [-0.15, -0.1) is 0 Å². The summed E-state index contributed by atoms with van der Waals surface area (Å²) in [4.78, 5) is 54.7. The number of aliphatic hydroxyl groups is 5. The number of phenolic OH excluding ortho intramolecular Hbond substituents is 2. The molecule has 0 aromatic heterocycles. The molecule has 5 aliphatic heterocycles. The van der Waals surface area contributed by atoms with E-state index in [4.69, 9.17) is 61.6 Å². The Morgan fingerprint density at radius 2 is 1.26 bits per heavy atom. The first-order valence-electron chi connectivity index (χ1n) is 30.6. The van der Waals surface area contributed by atoms with Crippen molar-refractivity contribution in [2.24, 2.45) is 23.7 Å². The predicted octanol–water partition coefficient (Wildman–Crippen LogP) is 5.37. The van der Waals surface area contributed by atoms with Crippen LogP contribution in [0, 0.1) is 30.6 Å². The third kappa shape index (κ3) is 15.5. The Morgan fingerprint density at radius 3 is 1.87 bits per heavy atom. The molecular formula is C63H92O24. The molecule has 24 heteroatoms. The number of ether oxygens (including phenoxy) is 13. The second-order valence-corrected chi connectivity index (χ2v) is 25.1. The number of hydrogen-bond acceptors (Lipinski definition) is 24. The summed E-state index contributed by atoms with van der Waals surface area (Å²) in [5.41, 5.74) is -0.940. The molecule has 24 nitrogen and oxygen atoms in total. The van der Waals surface area contributed by atoms with Crippen molar-refractivity contribution in [3.05, 3.63) is 41.7 Å². The molecule has 0 spiro atoms. The minimum atomic E-state index is -2.00. The van der Waals surface area contributed by atoms with Gasteiger partial charge in [0.15, 0.2) is 42.8 Å².